The molecule has 0 aliphatic carbocycles. The van der Waals surface area contributed by atoms with Crippen LogP contribution in [0.2, 0.25) is 0 Å². The highest BCUT2D eigenvalue weighted by atomic mass is 19.4. The third kappa shape index (κ3) is 3.47. The van der Waals surface area contributed by atoms with Crippen molar-refractivity contribution in [3.05, 3.63) is 71.7 Å². The van der Waals surface area contributed by atoms with Gasteiger partial charge in [0.1, 0.15) is 12.0 Å². The van der Waals surface area contributed by atoms with Gasteiger partial charge < -0.3 is 9.47 Å². The van der Waals surface area contributed by atoms with Crippen LogP contribution in [0.3, 0.4) is 0 Å². The van der Waals surface area contributed by atoms with E-state index in [1.807, 2.05) is 26.2 Å². The summed E-state index contributed by atoms with van der Waals surface area (Å²) in [4.78, 5) is 14.4. The highest BCUT2D eigenvalue weighted by molar-refractivity contribution is 6.10. The van der Waals surface area contributed by atoms with E-state index >= 15 is 0 Å². The molecule has 1 aliphatic rings. The highest BCUT2D eigenvalue weighted by Gasteiger charge is 2.39. The number of carbonyl (C=O) groups is 1. The summed E-state index contributed by atoms with van der Waals surface area (Å²) >= 11 is 0. The minimum absolute atomic E-state index is 0.00422. The quantitative estimate of drug-likeness (QED) is 0.456. The first-order valence-electron chi connectivity index (χ1n) is 10.3. The maximum atomic E-state index is 13.5. The molecule has 0 saturated heterocycles. The van der Waals surface area contributed by atoms with Crippen molar-refractivity contribution in [3.63, 3.8) is 0 Å². The van der Waals surface area contributed by atoms with Gasteiger partial charge in [-0.2, -0.15) is 18.3 Å². The third-order valence-corrected chi connectivity index (χ3v) is 5.74. The van der Waals surface area contributed by atoms with E-state index in [-0.39, 0.29) is 17.7 Å². The highest BCUT2D eigenvalue weighted by Crippen LogP contribution is 2.39. The van der Waals surface area contributed by atoms with Crippen LogP contribution in [0, 0.1) is 0 Å². The van der Waals surface area contributed by atoms with Gasteiger partial charge in [0.15, 0.2) is 5.82 Å². The van der Waals surface area contributed by atoms with Gasteiger partial charge in [-0.3, -0.25) is 9.48 Å². The molecule has 1 amide bonds. The normalized spacial score (nSPS) is 13.6. The molecule has 168 valence electrons. The van der Waals surface area contributed by atoms with Gasteiger partial charge in [0.05, 0.1) is 17.7 Å². The van der Waals surface area contributed by atoms with E-state index in [0.717, 1.165) is 17.2 Å². The Morgan fingerprint density at radius 1 is 1.09 bits per heavy atom. The number of rotatable bonds is 4. The Balaban J connectivity index is 1.56. The smallest absolute Gasteiger partial charge is 0.317 e. The molecule has 5 rings (SSSR count). The zero-order chi connectivity index (χ0) is 23.3. The lowest BCUT2D eigenvalue weighted by Crippen LogP contribution is -2.23. The van der Waals surface area contributed by atoms with E-state index in [4.69, 9.17) is 0 Å². The number of aromatic nitrogens is 5. The second-order valence-corrected chi connectivity index (χ2v) is 7.78. The third-order valence-electron chi connectivity index (χ3n) is 5.74. The van der Waals surface area contributed by atoms with E-state index in [1.54, 1.807) is 33.8 Å². The molecule has 0 unspecified atom stereocenters. The van der Waals surface area contributed by atoms with Gasteiger partial charge >= 0.3 is 6.18 Å². The van der Waals surface area contributed by atoms with Crippen molar-refractivity contribution in [1.82, 2.24) is 24.5 Å². The summed E-state index contributed by atoms with van der Waals surface area (Å²) in [7, 11) is 1.83. The van der Waals surface area contributed by atoms with Crippen molar-refractivity contribution in [1.29, 1.82) is 0 Å². The molecule has 2 aromatic carbocycles. The summed E-state index contributed by atoms with van der Waals surface area (Å²) in [5.74, 6) is 0.176. The zero-order valence-electron chi connectivity index (χ0n) is 17.8. The van der Waals surface area contributed by atoms with Gasteiger partial charge in [0, 0.05) is 36.6 Å². The summed E-state index contributed by atoms with van der Waals surface area (Å²) in [6, 6.07) is 10.8. The second-order valence-electron chi connectivity index (χ2n) is 7.78. The van der Waals surface area contributed by atoms with Crippen molar-refractivity contribution in [2.45, 2.75) is 26.2 Å². The first-order chi connectivity index (χ1) is 15.8. The molecule has 7 nitrogen and oxygen atoms in total. The summed E-state index contributed by atoms with van der Waals surface area (Å²) in [6.45, 7) is 2.46. The van der Waals surface area contributed by atoms with Crippen LogP contribution in [0.1, 0.15) is 28.4 Å². The van der Waals surface area contributed by atoms with Crippen LogP contribution in [0.5, 0.6) is 0 Å². The first kappa shape index (κ1) is 20.9. The molecule has 4 aromatic rings. The minimum Gasteiger partial charge on any atom is -0.317 e. The lowest BCUT2D eigenvalue weighted by Gasteiger charge is -2.17. The molecule has 0 N–H and O–H groups in total. The number of alkyl halides is 3. The number of hydrogen-bond donors (Lipinski definition) is 0. The molecule has 0 radical (unpaired) electrons. The number of amides is 1. The Labute approximate surface area is 187 Å². The van der Waals surface area contributed by atoms with Crippen molar-refractivity contribution >= 4 is 11.6 Å². The molecule has 10 heteroatoms. The monoisotopic (exact) mass is 452 g/mol. The molecular formula is C23H19F3N6O. The van der Waals surface area contributed by atoms with Gasteiger partial charge in [-0.05, 0) is 36.8 Å². The van der Waals surface area contributed by atoms with Gasteiger partial charge in [0.25, 0.3) is 5.91 Å². The van der Waals surface area contributed by atoms with E-state index < -0.39 is 17.6 Å². The molecule has 0 fully saturated rings. The standard InChI is InChI=1S/C23H19F3N6O/c1-3-31-11-18(21-28-27-13-30(21)2)20(29-31)14-6-4-7-15(10-14)32-12-17-16(22(32)33)8-5-9-19(17)23(24,25)26/h4-11,13H,3,12H2,1-2H3. The van der Waals surface area contributed by atoms with Gasteiger partial charge in [0.2, 0.25) is 0 Å². The van der Waals surface area contributed by atoms with Crippen molar-refractivity contribution < 1.29 is 18.0 Å². The maximum Gasteiger partial charge on any atom is 0.416 e. The lowest BCUT2D eigenvalue weighted by atomic mass is 10.0. The van der Waals surface area contributed by atoms with Crippen LogP contribution in [0.25, 0.3) is 22.6 Å². The first-order valence-corrected chi connectivity index (χ1v) is 10.3. The maximum absolute atomic E-state index is 13.5. The van der Waals surface area contributed by atoms with Crippen LogP contribution < -0.4 is 4.90 Å². The minimum atomic E-state index is -4.53. The number of anilines is 1. The Morgan fingerprint density at radius 3 is 2.58 bits per heavy atom. The molecule has 0 atom stereocenters. The number of hydrogen-bond acceptors (Lipinski definition) is 4. The molecule has 3 heterocycles. The number of fused-ring (bicyclic) bond motifs is 1. The number of aryl methyl sites for hydroxylation is 2. The molecule has 2 aromatic heterocycles. The topological polar surface area (TPSA) is 68.8 Å². The number of nitrogens with zero attached hydrogens (tertiary/aromatic N) is 6. The average Bonchev–Trinajstić information content (AvgIpc) is 3.50. The Bertz CT molecular complexity index is 1370. The predicted octanol–water partition coefficient (Wildman–Crippen LogP) is 4.54. The molecular weight excluding hydrogens is 433 g/mol. The van der Waals surface area contributed by atoms with Crippen LogP contribution >= 0.6 is 0 Å². The van der Waals surface area contributed by atoms with Crippen LogP contribution in [0.4, 0.5) is 18.9 Å². The summed E-state index contributed by atoms with van der Waals surface area (Å²) in [6.07, 6.45) is -1.06. The van der Waals surface area contributed by atoms with Gasteiger partial charge in [-0.15, -0.1) is 10.2 Å². The van der Waals surface area contributed by atoms with E-state index in [0.29, 0.717) is 23.8 Å². The molecule has 1 aliphatic heterocycles. The largest absolute Gasteiger partial charge is 0.416 e. The summed E-state index contributed by atoms with van der Waals surface area (Å²) < 4.78 is 44.0. The number of benzene rings is 2. The fraction of sp³-hybridized carbons (Fsp3) is 0.217. The summed E-state index contributed by atoms with van der Waals surface area (Å²) in [5, 5.41) is 12.8. The van der Waals surface area contributed by atoms with E-state index in [2.05, 4.69) is 15.3 Å². The Kier molecular flexibility index (Phi) is 4.80. The fourth-order valence-electron chi connectivity index (χ4n) is 4.12. The van der Waals surface area contributed by atoms with Crippen molar-refractivity contribution in [2.75, 3.05) is 4.90 Å². The Morgan fingerprint density at radius 2 is 1.88 bits per heavy atom. The number of halogens is 3. The average molecular weight is 452 g/mol. The van der Waals surface area contributed by atoms with Crippen molar-refractivity contribution in [2.24, 2.45) is 7.05 Å². The zero-order valence-corrected chi connectivity index (χ0v) is 17.8. The fourth-order valence-corrected chi connectivity index (χ4v) is 4.12. The lowest BCUT2D eigenvalue weighted by molar-refractivity contribution is -0.138. The van der Waals surface area contributed by atoms with Crippen molar-refractivity contribution in [3.8, 4) is 22.6 Å². The molecule has 0 saturated carbocycles. The number of carbonyl (C=O) groups excluding carboxylic acids is 1. The van der Waals surface area contributed by atoms with E-state index in [1.165, 1.54) is 17.0 Å². The summed E-state index contributed by atoms with van der Waals surface area (Å²) in [5.41, 5.74) is 1.92. The van der Waals surface area contributed by atoms with Crippen LogP contribution in [-0.2, 0) is 26.3 Å². The predicted molar refractivity (Wildman–Crippen MR) is 115 cm³/mol. The van der Waals surface area contributed by atoms with Crippen LogP contribution in [0.15, 0.2) is 55.0 Å². The molecule has 33 heavy (non-hydrogen) atoms. The second kappa shape index (κ2) is 7.58. The van der Waals surface area contributed by atoms with Gasteiger partial charge in [-0.25, -0.2) is 0 Å². The SMILES string of the molecule is CCn1cc(-c2nncn2C)c(-c2cccc(N3Cc4c(cccc4C(F)(F)F)C3=O)c2)n1. The van der Waals surface area contributed by atoms with Crippen LogP contribution in [-0.4, -0.2) is 30.5 Å². The molecule has 0 spiro atoms. The van der Waals surface area contributed by atoms with E-state index in [9.17, 15) is 18.0 Å². The Hall–Kier alpha value is -3.95. The van der Waals surface area contributed by atoms with Gasteiger partial charge in [-0.1, -0.05) is 18.2 Å². The molecule has 0 bridgehead atoms.